The maximum atomic E-state index is 10.5. The highest BCUT2D eigenvalue weighted by Crippen LogP contribution is 2.45. The smallest absolute Gasteiger partial charge is 0.240 e. The molecule has 1 aliphatic rings. The minimum atomic E-state index is -1.55. The van der Waals surface area contributed by atoms with Gasteiger partial charge < -0.3 is 26.4 Å². The predicted molar refractivity (Wildman–Crippen MR) is 79.8 cm³/mol. The van der Waals surface area contributed by atoms with Crippen LogP contribution in [0.1, 0.15) is 18.7 Å². The van der Waals surface area contributed by atoms with Gasteiger partial charge in [0.15, 0.2) is 11.5 Å². The first kappa shape index (κ1) is 15.3. The molecule has 1 saturated heterocycles. The summed E-state index contributed by atoms with van der Waals surface area (Å²) in [5.41, 5.74) is 19.5. The van der Waals surface area contributed by atoms with E-state index in [1.165, 1.54) is 4.52 Å². The van der Waals surface area contributed by atoms with Crippen molar-refractivity contribution in [2.45, 2.75) is 24.9 Å². The second-order valence-electron chi connectivity index (χ2n) is 5.42. The SMILES string of the molecule is C[C@H]1[C@H](O)[C@H](c2ccc3c(N)nc(N)nn23)O[C@@]1(CO)N=[N+]=[N-]. The van der Waals surface area contributed by atoms with Gasteiger partial charge in [-0.05, 0) is 17.7 Å². The molecule has 11 nitrogen and oxygen atoms in total. The molecule has 0 spiro atoms. The molecule has 3 heterocycles. The van der Waals surface area contributed by atoms with E-state index in [2.05, 4.69) is 20.1 Å². The standard InChI is InChI=1S/C12H16N8O3/c1-5-8(22)9(23-12(5,4-21)18-19-15)6-2-3-7-10(13)16-11(14)17-20(6)7/h2-3,5,8-9,21-22H,4H2,1H3,(H4,13,14,16,17)/t5-,8-,9-,12+/m0/s1. The lowest BCUT2D eigenvalue weighted by Crippen LogP contribution is -2.37. The second kappa shape index (κ2) is 5.25. The van der Waals surface area contributed by atoms with Gasteiger partial charge in [0, 0.05) is 10.8 Å². The fourth-order valence-corrected chi connectivity index (χ4v) is 2.84. The molecular weight excluding hydrogens is 304 g/mol. The number of ether oxygens (including phenoxy) is 1. The van der Waals surface area contributed by atoms with E-state index in [9.17, 15) is 10.2 Å². The fraction of sp³-hybridized carbons (Fsp3) is 0.500. The van der Waals surface area contributed by atoms with E-state index in [1.54, 1.807) is 19.1 Å². The minimum absolute atomic E-state index is 0.0311. The van der Waals surface area contributed by atoms with Gasteiger partial charge in [-0.3, -0.25) is 0 Å². The third kappa shape index (κ3) is 2.14. The van der Waals surface area contributed by atoms with Crippen molar-refractivity contribution in [1.82, 2.24) is 14.6 Å². The Morgan fingerprint density at radius 2 is 2.26 bits per heavy atom. The predicted octanol–water partition coefficient (Wildman–Crippen LogP) is -0.0391. The van der Waals surface area contributed by atoms with Gasteiger partial charge in [-0.25, -0.2) is 4.52 Å². The molecule has 0 amide bonds. The van der Waals surface area contributed by atoms with Crippen LogP contribution in [0.15, 0.2) is 17.2 Å². The Labute approximate surface area is 130 Å². The highest BCUT2D eigenvalue weighted by atomic mass is 16.6. The number of fused-ring (bicyclic) bond motifs is 1. The van der Waals surface area contributed by atoms with Gasteiger partial charge in [0.25, 0.3) is 0 Å². The van der Waals surface area contributed by atoms with Crippen LogP contribution in [-0.4, -0.2) is 43.2 Å². The van der Waals surface area contributed by atoms with Crippen LogP contribution >= 0.6 is 0 Å². The van der Waals surface area contributed by atoms with E-state index in [-0.39, 0.29) is 11.8 Å². The van der Waals surface area contributed by atoms with E-state index in [0.717, 1.165) is 0 Å². The Kier molecular flexibility index (Phi) is 3.49. The molecule has 0 aliphatic carbocycles. The second-order valence-corrected chi connectivity index (χ2v) is 5.42. The number of hydrogen-bond acceptors (Lipinski definition) is 8. The zero-order valence-electron chi connectivity index (χ0n) is 12.2. The van der Waals surface area contributed by atoms with Crippen LogP contribution in [0.2, 0.25) is 0 Å². The fourth-order valence-electron chi connectivity index (χ4n) is 2.84. The normalized spacial score (nSPS) is 30.5. The van der Waals surface area contributed by atoms with Gasteiger partial charge in [0.1, 0.15) is 11.6 Å². The molecule has 1 fully saturated rings. The number of anilines is 2. The van der Waals surface area contributed by atoms with Crippen molar-refractivity contribution in [2.24, 2.45) is 11.0 Å². The Bertz CT molecular complexity index is 801. The van der Waals surface area contributed by atoms with Gasteiger partial charge in [-0.1, -0.05) is 12.0 Å². The molecule has 122 valence electrons. The highest BCUT2D eigenvalue weighted by molar-refractivity contribution is 5.66. The van der Waals surface area contributed by atoms with Crippen molar-refractivity contribution in [3.63, 3.8) is 0 Å². The van der Waals surface area contributed by atoms with E-state index in [0.29, 0.717) is 11.2 Å². The zero-order chi connectivity index (χ0) is 16.8. The molecule has 0 aromatic carbocycles. The summed E-state index contributed by atoms with van der Waals surface area (Å²) in [6.07, 6.45) is -1.90. The van der Waals surface area contributed by atoms with E-state index >= 15 is 0 Å². The third-order valence-electron chi connectivity index (χ3n) is 4.18. The zero-order valence-corrected chi connectivity index (χ0v) is 12.2. The molecule has 6 N–H and O–H groups in total. The van der Waals surface area contributed by atoms with Gasteiger partial charge in [0.05, 0.1) is 18.4 Å². The Hall–Kier alpha value is -2.59. The summed E-state index contributed by atoms with van der Waals surface area (Å²) < 4.78 is 7.13. The summed E-state index contributed by atoms with van der Waals surface area (Å²) in [6, 6.07) is 3.32. The number of nitrogen functional groups attached to an aromatic ring is 2. The number of rotatable bonds is 3. The quantitative estimate of drug-likeness (QED) is 0.347. The molecule has 2 aromatic heterocycles. The van der Waals surface area contributed by atoms with Crippen LogP contribution in [-0.2, 0) is 4.74 Å². The van der Waals surface area contributed by atoms with Crippen LogP contribution < -0.4 is 11.5 Å². The van der Waals surface area contributed by atoms with Crippen LogP contribution in [0.5, 0.6) is 0 Å². The lowest BCUT2D eigenvalue weighted by atomic mass is 9.93. The lowest BCUT2D eigenvalue weighted by molar-refractivity contribution is -0.0882. The molecular formula is C12H16N8O3. The van der Waals surface area contributed by atoms with Crippen molar-refractivity contribution in [3.05, 3.63) is 28.3 Å². The van der Waals surface area contributed by atoms with Crippen LogP contribution in [0.4, 0.5) is 11.8 Å². The first-order valence-corrected chi connectivity index (χ1v) is 6.87. The van der Waals surface area contributed by atoms with Crippen LogP contribution in [0.3, 0.4) is 0 Å². The Balaban J connectivity index is 2.11. The topological polar surface area (TPSA) is 181 Å². The summed E-state index contributed by atoms with van der Waals surface area (Å²) >= 11 is 0. The molecule has 4 atom stereocenters. The minimum Gasteiger partial charge on any atom is -0.393 e. The van der Waals surface area contributed by atoms with Gasteiger partial charge in [-0.15, -0.1) is 5.10 Å². The molecule has 3 rings (SSSR count). The summed E-state index contributed by atoms with van der Waals surface area (Å²) in [6.45, 7) is 1.07. The van der Waals surface area contributed by atoms with Gasteiger partial charge >= 0.3 is 0 Å². The average Bonchev–Trinajstić information content (AvgIpc) is 3.03. The maximum absolute atomic E-state index is 10.5. The Morgan fingerprint density at radius 1 is 1.52 bits per heavy atom. The summed E-state index contributed by atoms with van der Waals surface area (Å²) in [5.74, 6) is -0.473. The maximum Gasteiger partial charge on any atom is 0.240 e. The number of azide groups is 1. The van der Waals surface area contributed by atoms with Crippen molar-refractivity contribution in [3.8, 4) is 0 Å². The lowest BCUT2D eigenvalue weighted by Gasteiger charge is -2.24. The van der Waals surface area contributed by atoms with E-state index in [4.69, 9.17) is 21.7 Å². The van der Waals surface area contributed by atoms with Gasteiger partial charge in [0.2, 0.25) is 5.95 Å². The number of aliphatic hydroxyl groups excluding tert-OH is 2. The van der Waals surface area contributed by atoms with Crippen molar-refractivity contribution >= 4 is 17.3 Å². The monoisotopic (exact) mass is 320 g/mol. The molecule has 0 radical (unpaired) electrons. The molecule has 0 unspecified atom stereocenters. The number of aromatic nitrogens is 3. The molecule has 1 aliphatic heterocycles. The molecule has 11 heteroatoms. The molecule has 23 heavy (non-hydrogen) atoms. The molecule has 0 saturated carbocycles. The van der Waals surface area contributed by atoms with E-state index in [1.807, 2.05) is 0 Å². The number of aliphatic hydroxyl groups is 2. The number of hydrogen-bond donors (Lipinski definition) is 4. The summed E-state index contributed by atoms with van der Waals surface area (Å²) in [5, 5.41) is 27.7. The van der Waals surface area contributed by atoms with Crippen LogP contribution in [0, 0.1) is 5.92 Å². The summed E-state index contributed by atoms with van der Waals surface area (Å²) in [4.78, 5) is 6.57. The van der Waals surface area contributed by atoms with Crippen molar-refractivity contribution in [2.75, 3.05) is 18.1 Å². The Morgan fingerprint density at radius 3 is 2.91 bits per heavy atom. The largest absolute Gasteiger partial charge is 0.393 e. The summed E-state index contributed by atoms with van der Waals surface area (Å²) in [7, 11) is 0. The highest BCUT2D eigenvalue weighted by Gasteiger charge is 2.53. The number of nitrogens with zero attached hydrogens (tertiary/aromatic N) is 6. The first-order chi connectivity index (χ1) is 10.9. The van der Waals surface area contributed by atoms with Crippen LogP contribution in [0.25, 0.3) is 16.0 Å². The van der Waals surface area contributed by atoms with E-state index < -0.39 is 30.5 Å². The van der Waals surface area contributed by atoms with Gasteiger partial charge in [-0.2, -0.15) is 4.98 Å². The van der Waals surface area contributed by atoms with Crippen molar-refractivity contribution < 1.29 is 14.9 Å². The molecule has 2 aromatic rings. The third-order valence-corrected chi connectivity index (χ3v) is 4.18. The van der Waals surface area contributed by atoms with Crippen molar-refractivity contribution in [1.29, 1.82) is 0 Å². The molecule has 0 bridgehead atoms. The average molecular weight is 320 g/mol. The first-order valence-electron chi connectivity index (χ1n) is 6.87. The number of nitrogens with two attached hydrogens (primary N) is 2.